The molecule has 0 saturated heterocycles. The van der Waals surface area contributed by atoms with Crippen molar-refractivity contribution in [3.05, 3.63) is 65.5 Å². The SMILES string of the molecule is COc1ccc(F)cc1CC(N)c1ccccc1. The number of halogens is 1. The van der Waals surface area contributed by atoms with Gasteiger partial charge in [0.25, 0.3) is 0 Å². The average Bonchev–Trinajstić information content (AvgIpc) is 2.40. The standard InChI is InChI=1S/C15H16FNO/c1-18-15-8-7-13(16)9-12(15)10-14(17)11-5-3-2-4-6-11/h2-9,14H,10,17H2,1H3. The lowest BCUT2D eigenvalue weighted by Crippen LogP contribution is -2.13. The predicted octanol–water partition coefficient (Wildman–Crippen LogP) is 3.08. The van der Waals surface area contributed by atoms with Crippen LogP contribution >= 0.6 is 0 Å². The van der Waals surface area contributed by atoms with Gasteiger partial charge in [0.1, 0.15) is 11.6 Å². The number of hydrogen-bond acceptors (Lipinski definition) is 2. The van der Waals surface area contributed by atoms with Crippen LogP contribution in [0.25, 0.3) is 0 Å². The Morgan fingerprint density at radius 3 is 2.56 bits per heavy atom. The van der Waals surface area contributed by atoms with Crippen LogP contribution in [0.1, 0.15) is 17.2 Å². The van der Waals surface area contributed by atoms with Gasteiger partial charge in [-0.15, -0.1) is 0 Å². The van der Waals surface area contributed by atoms with E-state index in [-0.39, 0.29) is 11.9 Å². The molecular formula is C15H16FNO. The minimum atomic E-state index is -0.272. The molecule has 0 aliphatic heterocycles. The summed E-state index contributed by atoms with van der Waals surface area (Å²) < 4.78 is 18.5. The fourth-order valence-corrected chi connectivity index (χ4v) is 1.96. The lowest BCUT2D eigenvalue weighted by molar-refractivity contribution is 0.406. The first-order valence-corrected chi connectivity index (χ1v) is 5.83. The zero-order valence-corrected chi connectivity index (χ0v) is 10.3. The molecule has 0 radical (unpaired) electrons. The summed E-state index contributed by atoms with van der Waals surface area (Å²) in [5.41, 5.74) is 7.94. The third-order valence-electron chi connectivity index (χ3n) is 2.91. The molecule has 2 nitrogen and oxygen atoms in total. The maximum absolute atomic E-state index is 13.2. The summed E-state index contributed by atoms with van der Waals surface area (Å²) in [5.74, 6) is 0.397. The van der Waals surface area contributed by atoms with Crippen LogP contribution in [0.5, 0.6) is 5.75 Å². The molecule has 0 saturated carbocycles. The van der Waals surface area contributed by atoms with Gasteiger partial charge >= 0.3 is 0 Å². The highest BCUT2D eigenvalue weighted by atomic mass is 19.1. The Balaban J connectivity index is 2.21. The third-order valence-corrected chi connectivity index (χ3v) is 2.91. The first-order valence-electron chi connectivity index (χ1n) is 5.83. The van der Waals surface area contributed by atoms with E-state index in [2.05, 4.69) is 0 Å². The maximum atomic E-state index is 13.2. The van der Waals surface area contributed by atoms with Crippen LogP contribution in [-0.2, 0) is 6.42 Å². The molecule has 0 aliphatic rings. The molecule has 94 valence electrons. The quantitative estimate of drug-likeness (QED) is 0.898. The van der Waals surface area contributed by atoms with Crippen LogP contribution in [0.15, 0.2) is 48.5 Å². The summed E-state index contributed by atoms with van der Waals surface area (Å²) in [4.78, 5) is 0. The number of benzene rings is 2. The Morgan fingerprint density at radius 2 is 1.89 bits per heavy atom. The molecule has 3 heteroatoms. The van der Waals surface area contributed by atoms with Gasteiger partial charge < -0.3 is 10.5 Å². The summed E-state index contributed by atoms with van der Waals surface area (Å²) in [5, 5.41) is 0. The van der Waals surface area contributed by atoms with Crippen LogP contribution in [0.4, 0.5) is 4.39 Å². The van der Waals surface area contributed by atoms with Crippen molar-refractivity contribution in [2.75, 3.05) is 7.11 Å². The largest absolute Gasteiger partial charge is 0.496 e. The van der Waals surface area contributed by atoms with Crippen molar-refractivity contribution >= 4 is 0 Å². The van der Waals surface area contributed by atoms with Gasteiger partial charge in [-0.2, -0.15) is 0 Å². The van der Waals surface area contributed by atoms with E-state index in [0.29, 0.717) is 12.2 Å². The highest BCUT2D eigenvalue weighted by Gasteiger charge is 2.11. The smallest absolute Gasteiger partial charge is 0.123 e. The summed E-state index contributed by atoms with van der Waals surface area (Å²) in [7, 11) is 1.57. The molecule has 0 spiro atoms. The summed E-state index contributed by atoms with van der Waals surface area (Å²) in [6, 6.07) is 14.1. The van der Waals surface area contributed by atoms with Crippen LogP contribution in [0, 0.1) is 5.82 Å². The average molecular weight is 245 g/mol. The molecule has 18 heavy (non-hydrogen) atoms. The molecule has 2 aromatic rings. The second-order valence-electron chi connectivity index (χ2n) is 4.18. The molecule has 2 aromatic carbocycles. The van der Waals surface area contributed by atoms with E-state index in [1.54, 1.807) is 13.2 Å². The van der Waals surface area contributed by atoms with E-state index in [0.717, 1.165) is 11.1 Å². The molecule has 0 bridgehead atoms. The minimum absolute atomic E-state index is 0.165. The predicted molar refractivity (Wildman–Crippen MR) is 70.0 cm³/mol. The van der Waals surface area contributed by atoms with E-state index in [1.807, 2.05) is 30.3 Å². The van der Waals surface area contributed by atoms with Gasteiger partial charge in [0.05, 0.1) is 7.11 Å². The molecule has 1 atom stereocenters. The van der Waals surface area contributed by atoms with Gasteiger partial charge in [0.2, 0.25) is 0 Å². The highest BCUT2D eigenvalue weighted by molar-refractivity contribution is 5.35. The first-order chi connectivity index (χ1) is 8.70. The second kappa shape index (κ2) is 5.65. The van der Waals surface area contributed by atoms with Crippen molar-refractivity contribution in [3.8, 4) is 5.75 Å². The van der Waals surface area contributed by atoms with Crippen LogP contribution in [0.3, 0.4) is 0 Å². The molecule has 0 fully saturated rings. The van der Waals surface area contributed by atoms with Crippen molar-refractivity contribution in [2.24, 2.45) is 5.73 Å². The Labute approximate surface area is 106 Å². The first kappa shape index (κ1) is 12.6. The molecule has 0 heterocycles. The van der Waals surface area contributed by atoms with Crippen molar-refractivity contribution in [1.82, 2.24) is 0 Å². The lowest BCUT2D eigenvalue weighted by atomic mass is 9.99. The number of hydrogen-bond donors (Lipinski definition) is 1. The van der Waals surface area contributed by atoms with Crippen LogP contribution < -0.4 is 10.5 Å². The molecule has 0 amide bonds. The fourth-order valence-electron chi connectivity index (χ4n) is 1.96. The van der Waals surface area contributed by atoms with Gasteiger partial charge in [-0.25, -0.2) is 4.39 Å². The van der Waals surface area contributed by atoms with E-state index in [4.69, 9.17) is 10.5 Å². The van der Waals surface area contributed by atoms with E-state index < -0.39 is 0 Å². The number of nitrogens with two attached hydrogens (primary N) is 1. The third kappa shape index (κ3) is 2.87. The van der Waals surface area contributed by atoms with Gasteiger partial charge in [0.15, 0.2) is 0 Å². The number of rotatable bonds is 4. The van der Waals surface area contributed by atoms with Crippen molar-refractivity contribution < 1.29 is 9.13 Å². The Bertz CT molecular complexity index is 513. The van der Waals surface area contributed by atoms with Crippen molar-refractivity contribution in [2.45, 2.75) is 12.5 Å². The molecule has 1 unspecified atom stereocenters. The molecular weight excluding hydrogens is 229 g/mol. The van der Waals surface area contributed by atoms with Gasteiger partial charge in [0, 0.05) is 6.04 Å². The van der Waals surface area contributed by atoms with E-state index >= 15 is 0 Å². The molecule has 0 aliphatic carbocycles. The summed E-state index contributed by atoms with van der Waals surface area (Å²) in [6.45, 7) is 0. The zero-order chi connectivity index (χ0) is 13.0. The van der Waals surface area contributed by atoms with Gasteiger partial charge in [-0.05, 0) is 35.7 Å². The Hall–Kier alpha value is -1.87. The van der Waals surface area contributed by atoms with Gasteiger partial charge in [-0.1, -0.05) is 30.3 Å². The normalized spacial score (nSPS) is 12.2. The van der Waals surface area contributed by atoms with E-state index in [9.17, 15) is 4.39 Å². The van der Waals surface area contributed by atoms with Crippen molar-refractivity contribution in [1.29, 1.82) is 0 Å². The minimum Gasteiger partial charge on any atom is -0.496 e. The number of ether oxygens (including phenoxy) is 1. The summed E-state index contributed by atoms with van der Waals surface area (Å²) in [6.07, 6.45) is 0.547. The topological polar surface area (TPSA) is 35.2 Å². The molecule has 0 aromatic heterocycles. The Kier molecular flexibility index (Phi) is 3.95. The molecule has 2 rings (SSSR count). The molecule has 2 N–H and O–H groups in total. The van der Waals surface area contributed by atoms with Crippen LogP contribution in [-0.4, -0.2) is 7.11 Å². The lowest BCUT2D eigenvalue weighted by Gasteiger charge is -2.14. The van der Waals surface area contributed by atoms with Crippen molar-refractivity contribution in [3.63, 3.8) is 0 Å². The zero-order valence-electron chi connectivity index (χ0n) is 10.3. The second-order valence-corrected chi connectivity index (χ2v) is 4.18. The fraction of sp³-hybridized carbons (Fsp3) is 0.200. The monoisotopic (exact) mass is 245 g/mol. The summed E-state index contributed by atoms with van der Waals surface area (Å²) >= 11 is 0. The maximum Gasteiger partial charge on any atom is 0.123 e. The number of methoxy groups -OCH3 is 1. The Morgan fingerprint density at radius 1 is 1.17 bits per heavy atom. The highest BCUT2D eigenvalue weighted by Crippen LogP contribution is 2.24. The van der Waals surface area contributed by atoms with Gasteiger partial charge in [-0.3, -0.25) is 0 Å². The van der Waals surface area contributed by atoms with Crippen LogP contribution in [0.2, 0.25) is 0 Å². The van der Waals surface area contributed by atoms with E-state index in [1.165, 1.54) is 12.1 Å².